The van der Waals surface area contributed by atoms with Gasteiger partial charge < -0.3 is 18.9 Å². The molecule has 1 heterocycles. The summed E-state index contributed by atoms with van der Waals surface area (Å²) in [6.07, 6.45) is 0. The van der Waals surface area contributed by atoms with Crippen LogP contribution in [0.15, 0.2) is 11.1 Å². The fourth-order valence-electron chi connectivity index (χ4n) is 2.28. The number of nitrogens with zero attached hydrogens (tertiary/aromatic N) is 1. The monoisotopic (exact) mass is 279 g/mol. The van der Waals surface area contributed by atoms with Crippen molar-refractivity contribution in [1.29, 1.82) is 0 Å². The van der Waals surface area contributed by atoms with Crippen LogP contribution in [0.25, 0.3) is 0 Å². The summed E-state index contributed by atoms with van der Waals surface area (Å²) in [7, 11) is 4.83. The molecule has 1 aliphatic rings. The molecule has 0 amide bonds. The number of ether oxygens (including phenoxy) is 4. The molecule has 110 valence electrons. The predicted octanol–water partition coefficient (Wildman–Crippen LogP) is 2.58. The molecule has 2 rings (SSSR count). The predicted molar refractivity (Wildman–Crippen MR) is 77.4 cm³/mol. The zero-order chi connectivity index (χ0) is 14.9. The summed E-state index contributed by atoms with van der Waals surface area (Å²) in [5.74, 6) is 2.55. The van der Waals surface area contributed by atoms with E-state index in [1.165, 1.54) is 0 Å². The van der Waals surface area contributed by atoms with Crippen molar-refractivity contribution < 1.29 is 18.9 Å². The summed E-state index contributed by atoms with van der Waals surface area (Å²) in [5.41, 5.74) is 1.48. The van der Waals surface area contributed by atoms with Gasteiger partial charge >= 0.3 is 0 Å². The molecule has 0 bridgehead atoms. The highest BCUT2D eigenvalue weighted by Gasteiger charge is 2.31. The van der Waals surface area contributed by atoms with Gasteiger partial charge in [-0.3, -0.25) is 0 Å². The Bertz CT molecular complexity index is 549. The fourth-order valence-corrected chi connectivity index (χ4v) is 2.28. The average Bonchev–Trinajstić information content (AvgIpc) is 2.77. The number of rotatable bonds is 4. The Balaban J connectivity index is 2.63. The van der Waals surface area contributed by atoms with Crippen molar-refractivity contribution >= 4 is 5.90 Å². The summed E-state index contributed by atoms with van der Waals surface area (Å²) in [6, 6.07) is 1.79. The van der Waals surface area contributed by atoms with E-state index in [0.29, 0.717) is 29.8 Å². The van der Waals surface area contributed by atoms with E-state index in [1.54, 1.807) is 27.4 Å². The lowest BCUT2D eigenvalue weighted by molar-refractivity contribution is 0.278. The van der Waals surface area contributed by atoms with Crippen molar-refractivity contribution in [1.82, 2.24) is 0 Å². The van der Waals surface area contributed by atoms with Gasteiger partial charge in [0.1, 0.15) is 12.4 Å². The summed E-state index contributed by atoms with van der Waals surface area (Å²) < 4.78 is 21.9. The topological polar surface area (TPSA) is 49.3 Å². The van der Waals surface area contributed by atoms with Gasteiger partial charge in [-0.25, -0.2) is 4.99 Å². The fraction of sp³-hybridized carbons (Fsp3) is 0.533. The number of benzene rings is 1. The van der Waals surface area contributed by atoms with E-state index in [4.69, 9.17) is 18.9 Å². The maximum absolute atomic E-state index is 5.72. The van der Waals surface area contributed by atoms with Crippen LogP contribution in [-0.2, 0) is 4.74 Å². The second-order valence-electron chi connectivity index (χ2n) is 5.33. The summed E-state index contributed by atoms with van der Waals surface area (Å²) in [4.78, 5) is 4.61. The first-order chi connectivity index (χ1) is 9.43. The molecule has 0 unspecified atom stereocenters. The first-order valence-corrected chi connectivity index (χ1v) is 6.46. The number of methoxy groups -OCH3 is 3. The first kappa shape index (κ1) is 14.5. The highest BCUT2D eigenvalue weighted by Crippen LogP contribution is 2.40. The second kappa shape index (κ2) is 5.23. The van der Waals surface area contributed by atoms with E-state index >= 15 is 0 Å². The van der Waals surface area contributed by atoms with E-state index in [2.05, 4.69) is 4.99 Å². The maximum Gasteiger partial charge on any atom is 0.221 e. The normalized spacial score (nSPS) is 16.4. The highest BCUT2D eigenvalue weighted by atomic mass is 16.5. The van der Waals surface area contributed by atoms with Crippen LogP contribution < -0.4 is 14.2 Å². The third kappa shape index (κ3) is 2.40. The SMILES string of the molecule is COc1cc(OC)c(C2=NC(C)(C)CO2)c(C)c1OC. The summed E-state index contributed by atoms with van der Waals surface area (Å²) in [6.45, 7) is 6.56. The molecule has 0 aromatic heterocycles. The van der Waals surface area contributed by atoms with Crippen LogP contribution in [0.5, 0.6) is 17.2 Å². The van der Waals surface area contributed by atoms with Gasteiger partial charge in [0.05, 0.1) is 32.4 Å². The van der Waals surface area contributed by atoms with E-state index < -0.39 is 0 Å². The van der Waals surface area contributed by atoms with Crippen LogP contribution in [0.4, 0.5) is 0 Å². The average molecular weight is 279 g/mol. The molecule has 5 heteroatoms. The van der Waals surface area contributed by atoms with Gasteiger partial charge in [-0.2, -0.15) is 0 Å². The zero-order valence-electron chi connectivity index (χ0n) is 12.9. The Morgan fingerprint density at radius 2 is 1.75 bits per heavy atom. The van der Waals surface area contributed by atoms with Crippen molar-refractivity contribution in [3.05, 3.63) is 17.2 Å². The molecule has 1 aromatic carbocycles. The number of hydrogen-bond acceptors (Lipinski definition) is 5. The third-order valence-corrected chi connectivity index (χ3v) is 3.27. The molecule has 0 aliphatic carbocycles. The van der Waals surface area contributed by atoms with Gasteiger partial charge in [0.25, 0.3) is 0 Å². The maximum atomic E-state index is 5.72. The Morgan fingerprint density at radius 1 is 1.10 bits per heavy atom. The van der Waals surface area contributed by atoms with E-state index in [1.807, 2.05) is 20.8 Å². The quantitative estimate of drug-likeness (QED) is 0.850. The van der Waals surface area contributed by atoms with Crippen molar-refractivity contribution in [3.63, 3.8) is 0 Å². The van der Waals surface area contributed by atoms with Crippen LogP contribution >= 0.6 is 0 Å². The second-order valence-corrected chi connectivity index (χ2v) is 5.33. The first-order valence-electron chi connectivity index (χ1n) is 6.46. The number of hydrogen-bond donors (Lipinski definition) is 0. The van der Waals surface area contributed by atoms with E-state index in [0.717, 1.165) is 11.1 Å². The molecular formula is C15H21NO4. The van der Waals surface area contributed by atoms with E-state index in [9.17, 15) is 0 Å². The molecule has 0 atom stereocenters. The van der Waals surface area contributed by atoms with Gasteiger partial charge in [-0.15, -0.1) is 0 Å². The molecule has 0 saturated heterocycles. The Labute approximate surface area is 119 Å². The largest absolute Gasteiger partial charge is 0.496 e. The summed E-state index contributed by atoms with van der Waals surface area (Å²) in [5, 5.41) is 0. The van der Waals surface area contributed by atoms with Crippen LogP contribution in [-0.4, -0.2) is 39.4 Å². The molecule has 5 nitrogen and oxygen atoms in total. The molecule has 0 fully saturated rings. The lowest BCUT2D eigenvalue weighted by atomic mass is 10.0. The van der Waals surface area contributed by atoms with Crippen molar-refractivity contribution in [2.24, 2.45) is 4.99 Å². The molecular weight excluding hydrogens is 258 g/mol. The van der Waals surface area contributed by atoms with Crippen molar-refractivity contribution in [2.45, 2.75) is 26.3 Å². The molecule has 0 N–H and O–H groups in total. The van der Waals surface area contributed by atoms with Gasteiger partial charge in [0.15, 0.2) is 11.5 Å². The Morgan fingerprint density at radius 3 is 2.20 bits per heavy atom. The third-order valence-electron chi connectivity index (χ3n) is 3.27. The van der Waals surface area contributed by atoms with Gasteiger partial charge in [0, 0.05) is 11.6 Å². The van der Waals surface area contributed by atoms with Gasteiger partial charge in [-0.1, -0.05) is 0 Å². The van der Waals surface area contributed by atoms with E-state index in [-0.39, 0.29) is 5.54 Å². The molecule has 1 aliphatic heterocycles. The summed E-state index contributed by atoms with van der Waals surface area (Å²) >= 11 is 0. The minimum absolute atomic E-state index is 0.222. The molecule has 0 saturated carbocycles. The highest BCUT2D eigenvalue weighted by molar-refractivity contribution is 6.00. The Hall–Kier alpha value is -1.91. The van der Waals surface area contributed by atoms with Crippen molar-refractivity contribution in [3.8, 4) is 17.2 Å². The molecule has 1 aromatic rings. The van der Waals surface area contributed by atoms with Crippen LogP contribution in [0, 0.1) is 6.92 Å². The van der Waals surface area contributed by atoms with Crippen molar-refractivity contribution in [2.75, 3.05) is 27.9 Å². The van der Waals surface area contributed by atoms with Crippen LogP contribution in [0.3, 0.4) is 0 Å². The van der Waals surface area contributed by atoms with Gasteiger partial charge in [-0.05, 0) is 20.8 Å². The van der Waals surface area contributed by atoms with Crippen LogP contribution in [0.1, 0.15) is 25.0 Å². The smallest absolute Gasteiger partial charge is 0.221 e. The molecule has 0 radical (unpaired) electrons. The Kier molecular flexibility index (Phi) is 3.79. The standard InChI is InChI=1S/C15H21NO4/c1-9-12(14-16-15(2,3)8-20-14)10(17-4)7-11(18-5)13(9)19-6/h7H,8H2,1-6H3. The van der Waals surface area contributed by atoms with Gasteiger partial charge in [0.2, 0.25) is 5.90 Å². The molecule has 0 spiro atoms. The lowest BCUT2D eigenvalue weighted by Gasteiger charge is -2.17. The minimum Gasteiger partial charge on any atom is -0.496 e. The van der Waals surface area contributed by atoms with Crippen LogP contribution in [0.2, 0.25) is 0 Å². The minimum atomic E-state index is -0.222. The number of aliphatic imine (C=N–C) groups is 1. The molecule has 20 heavy (non-hydrogen) atoms. The zero-order valence-corrected chi connectivity index (χ0v) is 12.9. The lowest BCUT2D eigenvalue weighted by Crippen LogP contribution is -2.17.